The number of rotatable bonds is 4. The first-order valence-corrected chi connectivity index (χ1v) is 7.92. The van der Waals surface area contributed by atoms with Gasteiger partial charge in [0, 0.05) is 16.7 Å². The standard InChI is InChI=1S/C15H19BrN2O3/c16-12-6-11(14(19)20)7-13(8-12)18-15(21)17-9-10-4-2-1-3-5-10/h6-8,10H,1-5,9H2,(H,19,20)(H2,17,18,21). The van der Waals surface area contributed by atoms with E-state index in [2.05, 4.69) is 26.6 Å². The molecule has 1 aliphatic rings. The van der Waals surface area contributed by atoms with Gasteiger partial charge in [0.2, 0.25) is 0 Å². The van der Waals surface area contributed by atoms with E-state index < -0.39 is 5.97 Å². The van der Waals surface area contributed by atoms with E-state index in [1.54, 1.807) is 6.07 Å². The second kappa shape index (κ2) is 7.45. The lowest BCUT2D eigenvalue weighted by Crippen LogP contribution is -2.33. The molecule has 0 radical (unpaired) electrons. The molecule has 2 rings (SSSR count). The van der Waals surface area contributed by atoms with Crippen LogP contribution in [0.2, 0.25) is 0 Å². The number of aromatic carboxylic acids is 1. The molecule has 1 fully saturated rings. The lowest BCUT2D eigenvalue weighted by atomic mass is 9.89. The van der Waals surface area contributed by atoms with Crippen molar-refractivity contribution >= 4 is 33.6 Å². The molecule has 0 unspecified atom stereocenters. The fourth-order valence-corrected chi connectivity index (χ4v) is 3.08. The average molecular weight is 355 g/mol. The molecule has 1 aliphatic carbocycles. The molecule has 0 aromatic heterocycles. The molecule has 114 valence electrons. The minimum Gasteiger partial charge on any atom is -0.478 e. The molecule has 0 bridgehead atoms. The van der Waals surface area contributed by atoms with Crippen LogP contribution in [0.5, 0.6) is 0 Å². The van der Waals surface area contributed by atoms with Crippen molar-refractivity contribution in [3.05, 3.63) is 28.2 Å². The summed E-state index contributed by atoms with van der Waals surface area (Å²) in [6, 6.07) is 4.31. The van der Waals surface area contributed by atoms with Crippen LogP contribution in [0, 0.1) is 5.92 Å². The molecule has 3 N–H and O–H groups in total. The van der Waals surface area contributed by atoms with E-state index in [-0.39, 0.29) is 11.6 Å². The minimum absolute atomic E-state index is 0.131. The largest absolute Gasteiger partial charge is 0.478 e. The van der Waals surface area contributed by atoms with E-state index >= 15 is 0 Å². The lowest BCUT2D eigenvalue weighted by molar-refractivity contribution is 0.0697. The second-order valence-electron chi connectivity index (χ2n) is 5.37. The highest BCUT2D eigenvalue weighted by atomic mass is 79.9. The number of carbonyl (C=O) groups excluding carboxylic acids is 1. The fourth-order valence-electron chi connectivity index (χ4n) is 2.59. The van der Waals surface area contributed by atoms with Crippen LogP contribution in [-0.2, 0) is 0 Å². The Morgan fingerprint density at radius 1 is 1.19 bits per heavy atom. The first-order valence-electron chi connectivity index (χ1n) is 7.13. The molecule has 5 nitrogen and oxygen atoms in total. The lowest BCUT2D eigenvalue weighted by Gasteiger charge is -2.21. The maximum absolute atomic E-state index is 11.9. The third-order valence-electron chi connectivity index (χ3n) is 3.68. The molecule has 2 amide bonds. The average Bonchev–Trinajstić information content (AvgIpc) is 2.45. The quantitative estimate of drug-likeness (QED) is 0.768. The first kappa shape index (κ1) is 15.8. The van der Waals surface area contributed by atoms with E-state index in [0.29, 0.717) is 22.6 Å². The van der Waals surface area contributed by atoms with E-state index in [1.165, 1.54) is 44.2 Å². The SMILES string of the molecule is O=C(NCC1CCCCC1)Nc1cc(Br)cc(C(=O)O)c1. The monoisotopic (exact) mass is 354 g/mol. The van der Waals surface area contributed by atoms with E-state index in [9.17, 15) is 9.59 Å². The van der Waals surface area contributed by atoms with Crippen LogP contribution in [-0.4, -0.2) is 23.7 Å². The Morgan fingerprint density at radius 2 is 1.90 bits per heavy atom. The smallest absolute Gasteiger partial charge is 0.335 e. The molecule has 1 aromatic rings. The predicted molar refractivity (Wildman–Crippen MR) is 84.7 cm³/mol. The van der Waals surface area contributed by atoms with Gasteiger partial charge >= 0.3 is 12.0 Å². The highest BCUT2D eigenvalue weighted by molar-refractivity contribution is 9.10. The van der Waals surface area contributed by atoms with Gasteiger partial charge in [0.25, 0.3) is 0 Å². The summed E-state index contributed by atoms with van der Waals surface area (Å²) in [5.74, 6) is -0.469. The number of hydrogen-bond acceptors (Lipinski definition) is 2. The number of carboxylic acids is 1. The van der Waals surface area contributed by atoms with Crippen LogP contribution in [0.25, 0.3) is 0 Å². The van der Waals surface area contributed by atoms with E-state index in [1.807, 2.05) is 0 Å². The van der Waals surface area contributed by atoms with Gasteiger partial charge in [-0.15, -0.1) is 0 Å². The van der Waals surface area contributed by atoms with Gasteiger partial charge in [0.05, 0.1) is 5.56 Å². The van der Waals surface area contributed by atoms with E-state index in [0.717, 1.165) is 0 Å². The maximum Gasteiger partial charge on any atom is 0.335 e. The summed E-state index contributed by atoms with van der Waals surface area (Å²) in [6.45, 7) is 0.672. The van der Waals surface area contributed by atoms with Gasteiger partial charge in [0.15, 0.2) is 0 Å². The van der Waals surface area contributed by atoms with Crippen LogP contribution >= 0.6 is 15.9 Å². The summed E-state index contributed by atoms with van der Waals surface area (Å²) in [5.41, 5.74) is 0.592. The molecule has 0 heterocycles. The van der Waals surface area contributed by atoms with Gasteiger partial charge in [-0.1, -0.05) is 35.2 Å². The molecule has 21 heavy (non-hydrogen) atoms. The van der Waals surface area contributed by atoms with Crippen molar-refractivity contribution in [3.8, 4) is 0 Å². The zero-order valence-electron chi connectivity index (χ0n) is 11.7. The molecule has 0 atom stereocenters. The van der Waals surface area contributed by atoms with Gasteiger partial charge < -0.3 is 15.7 Å². The Kier molecular flexibility index (Phi) is 5.61. The van der Waals surface area contributed by atoms with Gasteiger partial charge in [-0.3, -0.25) is 0 Å². The van der Waals surface area contributed by atoms with Gasteiger partial charge in [0.1, 0.15) is 0 Å². The van der Waals surface area contributed by atoms with Crippen molar-refractivity contribution in [2.75, 3.05) is 11.9 Å². The summed E-state index contributed by atoms with van der Waals surface area (Å²) in [5, 5.41) is 14.5. The number of nitrogens with one attached hydrogen (secondary N) is 2. The molecule has 0 spiro atoms. The number of hydrogen-bond donors (Lipinski definition) is 3. The predicted octanol–water partition coefficient (Wildman–Crippen LogP) is 3.85. The molecule has 1 saturated carbocycles. The topological polar surface area (TPSA) is 78.4 Å². The van der Waals surface area contributed by atoms with Gasteiger partial charge in [-0.05, 0) is 37.0 Å². The number of carboxylic acid groups (broad SMARTS) is 1. The Labute approximate surface area is 132 Å². The van der Waals surface area contributed by atoms with Crippen molar-refractivity contribution in [2.24, 2.45) is 5.92 Å². The zero-order chi connectivity index (χ0) is 15.2. The van der Waals surface area contributed by atoms with Crippen molar-refractivity contribution in [3.63, 3.8) is 0 Å². The maximum atomic E-state index is 11.9. The number of benzene rings is 1. The van der Waals surface area contributed by atoms with Crippen molar-refractivity contribution in [2.45, 2.75) is 32.1 Å². The summed E-state index contributed by atoms with van der Waals surface area (Å²) in [7, 11) is 0. The van der Waals surface area contributed by atoms with Crippen molar-refractivity contribution in [1.82, 2.24) is 5.32 Å². The summed E-state index contributed by atoms with van der Waals surface area (Å²) in [4.78, 5) is 22.8. The highest BCUT2D eigenvalue weighted by Crippen LogP contribution is 2.23. The van der Waals surface area contributed by atoms with Crippen molar-refractivity contribution in [1.29, 1.82) is 0 Å². The first-order chi connectivity index (χ1) is 10.0. The molecular formula is C15H19BrN2O3. The third kappa shape index (κ3) is 5.04. The van der Waals surface area contributed by atoms with Crippen LogP contribution < -0.4 is 10.6 Å². The molecule has 1 aromatic carbocycles. The molecular weight excluding hydrogens is 336 g/mol. The molecule has 6 heteroatoms. The Balaban J connectivity index is 1.88. The molecule has 0 aliphatic heterocycles. The Bertz CT molecular complexity index is 528. The van der Waals surface area contributed by atoms with Gasteiger partial charge in [-0.2, -0.15) is 0 Å². The fraction of sp³-hybridized carbons (Fsp3) is 0.467. The minimum atomic E-state index is -1.03. The normalized spacial score (nSPS) is 15.5. The van der Waals surface area contributed by atoms with Crippen LogP contribution in [0.4, 0.5) is 10.5 Å². The van der Waals surface area contributed by atoms with Gasteiger partial charge in [-0.25, -0.2) is 9.59 Å². The second-order valence-corrected chi connectivity index (χ2v) is 6.29. The highest BCUT2D eigenvalue weighted by Gasteiger charge is 2.14. The number of urea groups is 1. The summed E-state index contributed by atoms with van der Waals surface area (Å²) < 4.78 is 0.616. The van der Waals surface area contributed by atoms with Crippen molar-refractivity contribution < 1.29 is 14.7 Å². The number of amides is 2. The van der Waals surface area contributed by atoms with Crippen LogP contribution in [0.3, 0.4) is 0 Å². The summed E-state index contributed by atoms with van der Waals surface area (Å²) in [6.07, 6.45) is 6.10. The number of carbonyl (C=O) groups is 2. The van der Waals surface area contributed by atoms with E-state index in [4.69, 9.17) is 5.11 Å². The van der Waals surface area contributed by atoms with Crippen LogP contribution in [0.15, 0.2) is 22.7 Å². The number of anilines is 1. The zero-order valence-corrected chi connectivity index (χ0v) is 13.3. The summed E-state index contributed by atoms with van der Waals surface area (Å²) >= 11 is 3.24. The van der Waals surface area contributed by atoms with Crippen LogP contribution in [0.1, 0.15) is 42.5 Å². The Hall–Kier alpha value is -1.56. The third-order valence-corrected chi connectivity index (χ3v) is 4.14. The number of halogens is 1. The Morgan fingerprint density at radius 3 is 2.57 bits per heavy atom. The molecule has 0 saturated heterocycles.